The van der Waals surface area contributed by atoms with Crippen LogP contribution in [0.3, 0.4) is 0 Å². The van der Waals surface area contributed by atoms with Gasteiger partial charge in [-0.1, -0.05) is 24.3 Å². The van der Waals surface area contributed by atoms with E-state index in [2.05, 4.69) is 26.6 Å². The average molecular weight is 538 g/mol. The molecule has 0 spiro atoms. The summed E-state index contributed by atoms with van der Waals surface area (Å²) < 4.78 is 19.0. The Morgan fingerprint density at radius 1 is 1.03 bits per heavy atom. The lowest BCUT2D eigenvalue weighted by Gasteiger charge is -2.26. The number of amides is 5. The highest BCUT2D eigenvalue weighted by molar-refractivity contribution is 9.10. The number of nitrogens with zero attached hydrogens (tertiary/aromatic N) is 1. The lowest BCUT2D eigenvalue weighted by Crippen LogP contribution is -2.54. The van der Waals surface area contributed by atoms with Crippen molar-refractivity contribution in [3.8, 4) is 5.75 Å². The summed E-state index contributed by atoms with van der Waals surface area (Å²) in [6.07, 6.45) is 1.36. The van der Waals surface area contributed by atoms with Crippen LogP contribution >= 0.6 is 15.9 Å². The molecule has 2 N–H and O–H groups in total. The van der Waals surface area contributed by atoms with E-state index in [0.29, 0.717) is 27.2 Å². The largest absolute Gasteiger partial charge is 0.483 e. The van der Waals surface area contributed by atoms with E-state index in [4.69, 9.17) is 4.74 Å². The molecule has 8 nitrogen and oxygen atoms in total. The molecule has 0 atom stereocenters. The zero-order chi connectivity index (χ0) is 24.9. The topological polar surface area (TPSA) is 105 Å². The molecular formula is C25H17BrFN3O5. The van der Waals surface area contributed by atoms with Gasteiger partial charge in [-0.15, -0.1) is 0 Å². The molecule has 5 amide bonds. The molecule has 0 saturated carbocycles. The van der Waals surface area contributed by atoms with Gasteiger partial charge in [0.25, 0.3) is 17.7 Å². The maximum atomic E-state index is 13.0. The van der Waals surface area contributed by atoms with Crippen LogP contribution in [0.1, 0.15) is 5.56 Å². The molecule has 0 unspecified atom stereocenters. The quantitative estimate of drug-likeness (QED) is 0.361. The van der Waals surface area contributed by atoms with Gasteiger partial charge in [-0.3, -0.25) is 19.7 Å². The third-order valence-corrected chi connectivity index (χ3v) is 5.49. The molecule has 35 heavy (non-hydrogen) atoms. The SMILES string of the molecule is O=C(COc1ccc(/C=C2/C(=O)NC(=O)N(c3ccccc3)C2=O)cc1Br)Nc1ccc(F)cc1. The summed E-state index contributed by atoms with van der Waals surface area (Å²) in [5, 5.41) is 4.75. The third kappa shape index (κ3) is 5.61. The summed E-state index contributed by atoms with van der Waals surface area (Å²) in [5.74, 6) is -2.06. The molecule has 0 bridgehead atoms. The molecular weight excluding hydrogens is 521 g/mol. The highest BCUT2D eigenvalue weighted by atomic mass is 79.9. The van der Waals surface area contributed by atoms with Crippen molar-refractivity contribution in [3.05, 3.63) is 94.2 Å². The Hall–Kier alpha value is -4.31. The number of halogens is 2. The Morgan fingerprint density at radius 2 is 1.74 bits per heavy atom. The maximum Gasteiger partial charge on any atom is 0.335 e. The number of barbiturate groups is 1. The second-order valence-corrected chi connectivity index (χ2v) is 8.18. The number of rotatable bonds is 6. The molecule has 10 heteroatoms. The zero-order valence-corrected chi connectivity index (χ0v) is 19.5. The standard InChI is InChI=1S/C25H17BrFN3O5/c26-20-13-15(6-11-21(20)35-14-22(31)28-17-9-7-16(27)8-10-17)12-19-23(32)29-25(34)30(24(19)33)18-4-2-1-3-5-18/h1-13H,14H2,(H,28,31)(H,29,32,34)/b19-12-. The minimum atomic E-state index is -0.827. The van der Waals surface area contributed by atoms with Crippen LogP contribution < -0.4 is 20.3 Å². The van der Waals surface area contributed by atoms with Crippen LogP contribution in [-0.2, 0) is 14.4 Å². The third-order valence-electron chi connectivity index (χ3n) is 4.87. The Bertz CT molecular complexity index is 1340. The fraction of sp³-hybridized carbons (Fsp3) is 0.0400. The normalized spacial score (nSPS) is 14.6. The van der Waals surface area contributed by atoms with Gasteiger partial charge in [-0.05, 0) is 76.1 Å². The highest BCUT2D eigenvalue weighted by Gasteiger charge is 2.36. The van der Waals surface area contributed by atoms with Crippen LogP contribution in [0.25, 0.3) is 6.08 Å². The number of urea groups is 1. The van der Waals surface area contributed by atoms with Gasteiger partial charge in [-0.2, -0.15) is 0 Å². The number of para-hydroxylation sites is 1. The van der Waals surface area contributed by atoms with Crippen molar-refractivity contribution >= 4 is 57.1 Å². The first-order valence-electron chi connectivity index (χ1n) is 10.3. The second kappa shape index (κ2) is 10.3. The van der Waals surface area contributed by atoms with Crippen molar-refractivity contribution < 1.29 is 28.3 Å². The Morgan fingerprint density at radius 3 is 2.43 bits per heavy atom. The second-order valence-electron chi connectivity index (χ2n) is 7.33. The number of hydrogen-bond acceptors (Lipinski definition) is 5. The fourth-order valence-electron chi connectivity index (χ4n) is 3.23. The van der Waals surface area contributed by atoms with E-state index < -0.39 is 29.6 Å². The highest BCUT2D eigenvalue weighted by Crippen LogP contribution is 2.28. The van der Waals surface area contributed by atoms with Crippen LogP contribution in [0, 0.1) is 5.82 Å². The lowest BCUT2D eigenvalue weighted by molar-refractivity contribution is -0.122. The van der Waals surface area contributed by atoms with Crippen LogP contribution in [0.15, 0.2) is 82.8 Å². The Labute approximate surface area is 207 Å². The zero-order valence-electron chi connectivity index (χ0n) is 18.0. The van der Waals surface area contributed by atoms with Crippen molar-refractivity contribution in [2.24, 2.45) is 0 Å². The molecule has 1 saturated heterocycles. The Balaban J connectivity index is 1.46. The number of carbonyl (C=O) groups excluding carboxylic acids is 4. The van der Waals surface area contributed by atoms with Gasteiger partial charge in [0.1, 0.15) is 17.1 Å². The fourth-order valence-corrected chi connectivity index (χ4v) is 3.74. The number of carbonyl (C=O) groups is 4. The van der Waals surface area contributed by atoms with Crippen molar-refractivity contribution in [2.45, 2.75) is 0 Å². The van der Waals surface area contributed by atoms with E-state index in [1.165, 1.54) is 30.3 Å². The van der Waals surface area contributed by atoms with E-state index in [1.807, 2.05) is 0 Å². The molecule has 3 aromatic carbocycles. The number of hydrogen-bond donors (Lipinski definition) is 2. The molecule has 0 radical (unpaired) electrons. The van der Waals surface area contributed by atoms with Crippen molar-refractivity contribution in [1.82, 2.24) is 5.32 Å². The van der Waals surface area contributed by atoms with Gasteiger partial charge in [0.05, 0.1) is 10.2 Å². The van der Waals surface area contributed by atoms with E-state index in [0.717, 1.165) is 4.90 Å². The number of imide groups is 2. The summed E-state index contributed by atoms with van der Waals surface area (Å²) in [4.78, 5) is 50.5. The van der Waals surface area contributed by atoms with E-state index in [-0.39, 0.29) is 12.2 Å². The van der Waals surface area contributed by atoms with Gasteiger partial charge >= 0.3 is 6.03 Å². The predicted octanol–water partition coefficient (Wildman–Crippen LogP) is 4.27. The average Bonchev–Trinajstić information content (AvgIpc) is 2.83. The summed E-state index contributed by atoms with van der Waals surface area (Å²) in [5.41, 5.74) is 1.03. The van der Waals surface area contributed by atoms with E-state index >= 15 is 0 Å². The number of anilines is 2. The van der Waals surface area contributed by atoms with Gasteiger partial charge in [0, 0.05) is 5.69 Å². The molecule has 1 aliphatic rings. The van der Waals surface area contributed by atoms with E-state index in [1.54, 1.807) is 48.5 Å². The summed E-state index contributed by atoms with van der Waals surface area (Å²) >= 11 is 3.35. The van der Waals surface area contributed by atoms with Crippen LogP contribution in [0.4, 0.5) is 20.6 Å². The monoisotopic (exact) mass is 537 g/mol. The summed E-state index contributed by atoms with van der Waals surface area (Å²) in [6.45, 7) is -0.300. The van der Waals surface area contributed by atoms with Crippen LogP contribution in [0.5, 0.6) is 5.75 Å². The molecule has 0 aliphatic carbocycles. The summed E-state index contributed by atoms with van der Waals surface area (Å²) in [7, 11) is 0. The molecule has 0 aromatic heterocycles. The smallest absolute Gasteiger partial charge is 0.335 e. The minimum absolute atomic E-state index is 0.215. The van der Waals surface area contributed by atoms with Crippen molar-refractivity contribution in [2.75, 3.05) is 16.8 Å². The maximum absolute atomic E-state index is 13.0. The van der Waals surface area contributed by atoms with Crippen molar-refractivity contribution in [3.63, 3.8) is 0 Å². The molecule has 1 aliphatic heterocycles. The van der Waals surface area contributed by atoms with Crippen molar-refractivity contribution in [1.29, 1.82) is 0 Å². The Kier molecular flexibility index (Phi) is 7.02. The van der Waals surface area contributed by atoms with Gasteiger partial charge in [0.2, 0.25) is 0 Å². The minimum Gasteiger partial charge on any atom is -0.483 e. The first-order chi connectivity index (χ1) is 16.8. The lowest BCUT2D eigenvalue weighted by atomic mass is 10.1. The molecule has 1 fully saturated rings. The molecule has 1 heterocycles. The number of benzene rings is 3. The molecule has 4 rings (SSSR count). The molecule has 176 valence electrons. The number of ether oxygens (including phenoxy) is 1. The van der Waals surface area contributed by atoms with Crippen LogP contribution in [-0.4, -0.2) is 30.4 Å². The van der Waals surface area contributed by atoms with Gasteiger partial charge < -0.3 is 10.1 Å². The van der Waals surface area contributed by atoms with Crippen LogP contribution in [0.2, 0.25) is 0 Å². The summed E-state index contributed by atoms with van der Waals surface area (Å²) in [6, 6.07) is 17.5. The number of nitrogens with one attached hydrogen (secondary N) is 2. The van der Waals surface area contributed by atoms with E-state index in [9.17, 15) is 23.6 Å². The predicted molar refractivity (Wildman–Crippen MR) is 130 cm³/mol. The van der Waals surface area contributed by atoms with Gasteiger partial charge in [0.15, 0.2) is 6.61 Å². The van der Waals surface area contributed by atoms with Gasteiger partial charge in [-0.25, -0.2) is 14.1 Å². The first-order valence-corrected chi connectivity index (χ1v) is 11.1. The first kappa shape index (κ1) is 23.8. The molecule has 3 aromatic rings.